The smallest absolute Gasteiger partial charge is 0.465 e. The Balaban J connectivity index is 1.70. The molecule has 23 heavy (non-hydrogen) atoms. The third-order valence-corrected chi connectivity index (χ3v) is 4.09. The van der Waals surface area contributed by atoms with Gasteiger partial charge in [-0.25, -0.2) is 4.79 Å². The summed E-state index contributed by atoms with van der Waals surface area (Å²) in [6.45, 7) is 0.800. The minimum absolute atomic E-state index is 0.0929. The van der Waals surface area contributed by atoms with Crippen molar-refractivity contribution in [3.05, 3.63) is 24.3 Å². The Morgan fingerprint density at radius 3 is 2.35 bits per heavy atom. The number of anilines is 1. The summed E-state index contributed by atoms with van der Waals surface area (Å²) in [4.78, 5) is 26.0. The van der Waals surface area contributed by atoms with Crippen LogP contribution in [0.15, 0.2) is 24.3 Å². The first-order chi connectivity index (χ1) is 10.7. The topological polar surface area (TPSA) is 70.1 Å². The first-order valence-electron chi connectivity index (χ1n) is 6.89. The molecule has 9 heteroatoms. The monoisotopic (exact) mass is 330 g/mol. The molecule has 0 aromatic heterocycles. The molecular formula is C14H13F3N2O4. The van der Waals surface area contributed by atoms with Gasteiger partial charge >= 0.3 is 12.5 Å². The van der Waals surface area contributed by atoms with Gasteiger partial charge in [0.2, 0.25) is 5.91 Å². The minimum atomic E-state index is -4.76. The van der Waals surface area contributed by atoms with E-state index in [9.17, 15) is 22.8 Å². The van der Waals surface area contributed by atoms with E-state index >= 15 is 0 Å². The summed E-state index contributed by atoms with van der Waals surface area (Å²) in [5.41, 5.74) is 0.473. The molecule has 0 spiro atoms. The van der Waals surface area contributed by atoms with Gasteiger partial charge in [0.25, 0.3) is 0 Å². The molecule has 1 aromatic rings. The van der Waals surface area contributed by atoms with E-state index in [1.807, 2.05) is 0 Å². The number of fused-ring (bicyclic) bond motifs is 1. The van der Waals surface area contributed by atoms with Crippen LogP contribution >= 0.6 is 0 Å². The van der Waals surface area contributed by atoms with Crippen LogP contribution in [0.2, 0.25) is 0 Å². The summed E-state index contributed by atoms with van der Waals surface area (Å²) >= 11 is 0. The molecule has 0 radical (unpaired) electrons. The van der Waals surface area contributed by atoms with Gasteiger partial charge in [0, 0.05) is 31.2 Å². The number of carboxylic acid groups (broad SMARTS) is 1. The Morgan fingerprint density at radius 1 is 1.17 bits per heavy atom. The standard InChI is InChI=1S/C14H13F3N2O4/c15-14(16,17)23-10-3-1-9(2-4-10)19-6-8-5-18(13(21)22)7-11(8)12(19)20/h1-4,8,11H,5-7H2,(H,21,22). The maximum Gasteiger partial charge on any atom is 0.573 e. The number of rotatable bonds is 2. The minimum Gasteiger partial charge on any atom is -0.465 e. The zero-order valence-electron chi connectivity index (χ0n) is 11.8. The first kappa shape index (κ1) is 15.4. The Bertz CT molecular complexity index is 632. The van der Waals surface area contributed by atoms with Crippen LogP contribution in [0.5, 0.6) is 5.75 Å². The van der Waals surface area contributed by atoms with E-state index in [-0.39, 0.29) is 30.7 Å². The van der Waals surface area contributed by atoms with Crippen molar-refractivity contribution >= 4 is 17.7 Å². The molecule has 2 aliphatic rings. The number of carbonyl (C=O) groups excluding carboxylic acids is 1. The van der Waals surface area contributed by atoms with Gasteiger partial charge in [0.15, 0.2) is 0 Å². The van der Waals surface area contributed by atoms with Gasteiger partial charge in [-0.15, -0.1) is 13.2 Å². The molecular weight excluding hydrogens is 317 g/mol. The highest BCUT2D eigenvalue weighted by Gasteiger charge is 2.47. The molecule has 0 saturated carbocycles. The van der Waals surface area contributed by atoms with Gasteiger partial charge in [0.1, 0.15) is 5.75 Å². The molecule has 2 atom stereocenters. The van der Waals surface area contributed by atoms with Crippen LogP contribution in [-0.2, 0) is 4.79 Å². The van der Waals surface area contributed by atoms with Crippen LogP contribution in [0, 0.1) is 11.8 Å². The molecule has 2 unspecified atom stereocenters. The molecule has 0 bridgehead atoms. The Morgan fingerprint density at radius 2 is 1.83 bits per heavy atom. The second kappa shape index (κ2) is 5.32. The summed E-state index contributed by atoms with van der Waals surface area (Å²) in [6.07, 6.45) is -5.81. The predicted molar refractivity (Wildman–Crippen MR) is 72.1 cm³/mol. The summed E-state index contributed by atoms with van der Waals surface area (Å²) in [5.74, 6) is -1.05. The molecule has 124 valence electrons. The summed E-state index contributed by atoms with van der Waals surface area (Å²) in [7, 11) is 0. The van der Waals surface area contributed by atoms with Crippen LogP contribution in [0.1, 0.15) is 0 Å². The van der Waals surface area contributed by atoms with Crippen molar-refractivity contribution < 1.29 is 32.6 Å². The van der Waals surface area contributed by atoms with Crippen molar-refractivity contribution in [3.8, 4) is 5.75 Å². The van der Waals surface area contributed by atoms with E-state index in [1.54, 1.807) is 0 Å². The average Bonchev–Trinajstić information content (AvgIpc) is 2.98. The normalized spacial score (nSPS) is 24.0. The summed E-state index contributed by atoms with van der Waals surface area (Å²) in [6, 6.07) is 5.06. The lowest BCUT2D eigenvalue weighted by atomic mass is 10.0. The molecule has 0 aliphatic carbocycles. The second-order valence-electron chi connectivity index (χ2n) is 5.54. The fourth-order valence-electron chi connectivity index (χ4n) is 3.08. The number of hydrogen-bond acceptors (Lipinski definition) is 3. The zero-order valence-corrected chi connectivity index (χ0v) is 11.8. The van der Waals surface area contributed by atoms with E-state index in [4.69, 9.17) is 5.11 Å². The highest BCUT2D eigenvalue weighted by molar-refractivity contribution is 5.98. The van der Waals surface area contributed by atoms with Crippen molar-refractivity contribution in [1.82, 2.24) is 4.90 Å². The lowest BCUT2D eigenvalue weighted by Gasteiger charge is -2.20. The van der Waals surface area contributed by atoms with Gasteiger partial charge in [-0.3, -0.25) is 4.79 Å². The van der Waals surface area contributed by atoms with E-state index in [0.717, 1.165) is 12.1 Å². The molecule has 6 nitrogen and oxygen atoms in total. The second-order valence-corrected chi connectivity index (χ2v) is 5.54. The number of likely N-dealkylation sites (tertiary alicyclic amines) is 1. The van der Waals surface area contributed by atoms with Gasteiger partial charge in [-0.2, -0.15) is 0 Å². The highest BCUT2D eigenvalue weighted by Crippen LogP contribution is 2.36. The molecule has 2 heterocycles. The van der Waals surface area contributed by atoms with Crippen molar-refractivity contribution in [3.63, 3.8) is 0 Å². The highest BCUT2D eigenvalue weighted by atomic mass is 19.4. The van der Waals surface area contributed by atoms with E-state index in [1.165, 1.54) is 21.9 Å². The molecule has 3 rings (SSSR count). The fourth-order valence-corrected chi connectivity index (χ4v) is 3.08. The number of halogens is 3. The number of ether oxygens (including phenoxy) is 1. The average molecular weight is 330 g/mol. The van der Waals surface area contributed by atoms with Crippen molar-refractivity contribution in [2.75, 3.05) is 24.5 Å². The zero-order chi connectivity index (χ0) is 16.8. The van der Waals surface area contributed by atoms with Crippen molar-refractivity contribution in [2.24, 2.45) is 11.8 Å². The number of amides is 2. The molecule has 1 N–H and O–H groups in total. The van der Waals surface area contributed by atoms with Gasteiger partial charge < -0.3 is 19.6 Å². The molecule has 2 saturated heterocycles. The lowest BCUT2D eigenvalue weighted by Crippen LogP contribution is -2.34. The van der Waals surface area contributed by atoms with Crippen LogP contribution in [0.3, 0.4) is 0 Å². The maximum absolute atomic E-state index is 12.4. The van der Waals surface area contributed by atoms with Crippen LogP contribution in [0.25, 0.3) is 0 Å². The molecule has 1 aromatic carbocycles. The first-order valence-corrected chi connectivity index (χ1v) is 6.89. The third-order valence-electron chi connectivity index (χ3n) is 4.09. The van der Waals surface area contributed by atoms with Gasteiger partial charge in [-0.1, -0.05) is 0 Å². The third kappa shape index (κ3) is 3.03. The SMILES string of the molecule is O=C(O)N1CC2CN(c3ccc(OC(F)(F)F)cc3)C(=O)C2C1. The van der Waals surface area contributed by atoms with Crippen LogP contribution in [0.4, 0.5) is 23.7 Å². The number of nitrogens with zero attached hydrogens (tertiary/aromatic N) is 2. The quantitative estimate of drug-likeness (QED) is 0.902. The van der Waals surface area contributed by atoms with Gasteiger partial charge in [0.05, 0.1) is 5.92 Å². The summed E-state index contributed by atoms with van der Waals surface area (Å²) in [5, 5.41) is 8.96. The van der Waals surface area contributed by atoms with Crippen LogP contribution in [-0.4, -0.2) is 48.0 Å². The Labute approximate surface area is 129 Å². The van der Waals surface area contributed by atoms with Crippen molar-refractivity contribution in [1.29, 1.82) is 0 Å². The number of hydrogen-bond donors (Lipinski definition) is 1. The Hall–Kier alpha value is -2.45. The van der Waals surface area contributed by atoms with Gasteiger partial charge in [-0.05, 0) is 24.3 Å². The number of benzene rings is 1. The summed E-state index contributed by atoms with van der Waals surface area (Å²) < 4.78 is 40.2. The fraction of sp³-hybridized carbons (Fsp3) is 0.429. The van der Waals surface area contributed by atoms with E-state index < -0.39 is 18.4 Å². The Kier molecular flexibility index (Phi) is 3.57. The van der Waals surface area contributed by atoms with E-state index in [0.29, 0.717) is 12.2 Å². The maximum atomic E-state index is 12.4. The number of carbonyl (C=O) groups is 2. The molecule has 2 amide bonds. The van der Waals surface area contributed by atoms with E-state index in [2.05, 4.69) is 4.74 Å². The lowest BCUT2D eigenvalue weighted by molar-refractivity contribution is -0.274. The van der Waals surface area contributed by atoms with Crippen LogP contribution < -0.4 is 9.64 Å². The number of alkyl halides is 3. The predicted octanol–water partition coefficient (Wildman–Crippen LogP) is 2.16. The van der Waals surface area contributed by atoms with Crippen molar-refractivity contribution in [2.45, 2.75) is 6.36 Å². The largest absolute Gasteiger partial charge is 0.573 e. The molecule has 2 fully saturated rings. The molecule has 2 aliphatic heterocycles.